The van der Waals surface area contributed by atoms with Gasteiger partial charge >= 0.3 is 11.9 Å². The molecule has 0 aliphatic carbocycles. The fourth-order valence-electron chi connectivity index (χ4n) is 0.644. The first kappa shape index (κ1) is 14.2. The van der Waals surface area contributed by atoms with E-state index >= 15 is 0 Å². The standard InChI is InChI=1S/C5H4N2O4.C2H4N2O2/c8-4(9)2-3(5(10)11)7-1-6-2;3-4(1-5)2-6/h1H,(H,6,7)(H,8,9)(H,10,11);1-2H,3H2. The van der Waals surface area contributed by atoms with E-state index in [9.17, 15) is 19.2 Å². The maximum atomic E-state index is 10.3. The van der Waals surface area contributed by atoms with Crippen LogP contribution in [-0.2, 0) is 9.59 Å². The summed E-state index contributed by atoms with van der Waals surface area (Å²) in [6, 6.07) is 0. The van der Waals surface area contributed by atoms with Gasteiger partial charge in [-0.3, -0.25) is 9.59 Å². The number of hydrazine groups is 1. The zero-order valence-electron chi connectivity index (χ0n) is 8.23. The lowest BCUT2D eigenvalue weighted by atomic mass is 10.3. The number of carboxylic acid groups (broad SMARTS) is 2. The summed E-state index contributed by atoms with van der Waals surface area (Å²) in [6.07, 6.45) is 1.45. The molecule has 1 rings (SSSR count). The number of H-pyrrole nitrogens is 1. The Morgan fingerprint density at radius 3 is 2.06 bits per heavy atom. The van der Waals surface area contributed by atoms with Crippen molar-refractivity contribution >= 4 is 24.8 Å². The lowest BCUT2D eigenvalue weighted by molar-refractivity contribution is -0.129. The third-order valence-electron chi connectivity index (χ3n) is 1.30. The fraction of sp³-hybridized carbons (Fsp3) is 0. The SMILES string of the molecule is NN(C=O)C=O.O=C(O)c1nc[nH]c1C(=O)O. The van der Waals surface area contributed by atoms with E-state index < -0.39 is 23.3 Å². The highest BCUT2D eigenvalue weighted by Gasteiger charge is 2.17. The average Bonchev–Trinajstić information content (AvgIpc) is 2.78. The molecule has 2 amide bonds. The maximum Gasteiger partial charge on any atom is 0.357 e. The average molecular weight is 244 g/mol. The molecule has 1 aromatic rings. The van der Waals surface area contributed by atoms with Gasteiger partial charge in [-0.1, -0.05) is 0 Å². The van der Waals surface area contributed by atoms with Crippen molar-refractivity contribution in [3.63, 3.8) is 0 Å². The number of aromatic nitrogens is 2. The van der Waals surface area contributed by atoms with Crippen LogP contribution >= 0.6 is 0 Å². The van der Waals surface area contributed by atoms with E-state index in [0.717, 1.165) is 6.33 Å². The Morgan fingerprint density at radius 1 is 1.29 bits per heavy atom. The van der Waals surface area contributed by atoms with Gasteiger partial charge in [0.05, 0.1) is 6.33 Å². The number of imide groups is 1. The van der Waals surface area contributed by atoms with E-state index in [2.05, 4.69) is 15.8 Å². The zero-order chi connectivity index (χ0) is 13.4. The van der Waals surface area contributed by atoms with Crippen LogP contribution < -0.4 is 5.84 Å². The summed E-state index contributed by atoms with van der Waals surface area (Å²) in [4.78, 5) is 44.6. The van der Waals surface area contributed by atoms with Gasteiger partial charge in [-0.15, -0.1) is 0 Å². The van der Waals surface area contributed by atoms with E-state index in [1.165, 1.54) is 0 Å². The number of aromatic carboxylic acids is 2. The molecule has 10 heteroatoms. The first-order valence-electron chi connectivity index (χ1n) is 3.87. The number of hydrogen-bond donors (Lipinski definition) is 4. The Kier molecular flexibility index (Phi) is 5.60. The molecule has 0 unspecified atom stereocenters. The van der Waals surface area contributed by atoms with Gasteiger partial charge in [0.25, 0.3) is 0 Å². The van der Waals surface area contributed by atoms with Crippen LogP contribution in [-0.4, -0.2) is 49.9 Å². The summed E-state index contributed by atoms with van der Waals surface area (Å²) >= 11 is 0. The Balaban J connectivity index is 0.000000366. The van der Waals surface area contributed by atoms with Crippen molar-refractivity contribution in [1.29, 1.82) is 0 Å². The predicted molar refractivity (Wildman–Crippen MR) is 50.7 cm³/mol. The second kappa shape index (κ2) is 6.68. The molecule has 0 fully saturated rings. The Morgan fingerprint density at radius 2 is 1.82 bits per heavy atom. The third-order valence-corrected chi connectivity index (χ3v) is 1.30. The second-order valence-corrected chi connectivity index (χ2v) is 2.39. The number of rotatable bonds is 4. The Labute approximate surface area is 93.6 Å². The van der Waals surface area contributed by atoms with Crippen molar-refractivity contribution in [1.82, 2.24) is 15.0 Å². The molecule has 0 aliphatic rings. The molecule has 0 bridgehead atoms. The molecule has 10 nitrogen and oxygen atoms in total. The number of hydrogen-bond acceptors (Lipinski definition) is 6. The molecule has 92 valence electrons. The largest absolute Gasteiger partial charge is 0.477 e. The van der Waals surface area contributed by atoms with Crippen molar-refractivity contribution in [2.75, 3.05) is 0 Å². The van der Waals surface area contributed by atoms with Gasteiger partial charge in [0.2, 0.25) is 12.8 Å². The van der Waals surface area contributed by atoms with Gasteiger partial charge in [0, 0.05) is 0 Å². The molecule has 17 heavy (non-hydrogen) atoms. The van der Waals surface area contributed by atoms with Crippen molar-refractivity contribution in [3.05, 3.63) is 17.7 Å². The molecule has 0 saturated heterocycles. The van der Waals surface area contributed by atoms with E-state index in [1.54, 1.807) is 0 Å². The van der Waals surface area contributed by atoms with Crippen LogP contribution in [0.25, 0.3) is 0 Å². The quantitative estimate of drug-likeness (QED) is 0.210. The van der Waals surface area contributed by atoms with Crippen LogP contribution in [0, 0.1) is 0 Å². The van der Waals surface area contributed by atoms with Gasteiger partial charge in [0.15, 0.2) is 11.4 Å². The molecule has 0 aromatic carbocycles. The summed E-state index contributed by atoms with van der Waals surface area (Å²) in [7, 11) is 0. The van der Waals surface area contributed by atoms with Crippen molar-refractivity contribution < 1.29 is 29.4 Å². The number of amides is 2. The van der Waals surface area contributed by atoms with Crippen molar-refractivity contribution in [2.45, 2.75) is 0 Å². The summed E-state index contributed by atoms with van der Waals surface area (Å²) in [6.45, 7) is 0. The molecule has 0 atom stereocenters. The number of imidazole rings is 1. The predicted octanol–water partition coefficient (Wildman–Crippen LogP) is -1.72. The van der Waals surface area contributed by atoms with Gasteiger partial charge < -0.3 is 15.2 Å². The van der Waals surface area contributed by atoms with Crippen LogP contribution in [0.3, 0.4) is 0 Å². The molecule has 5 N–H and O–H groups in total. The molecule has 1 heterocycles. The summed E-state index contributed by atoms with van der Waals surface area (Å²) in [5.41, 5.74) is -0.880. The van der Waals surface area contributed by atoms with Crippen LogP contribution in [0.1, 0.15) is 21.0 Å². The number of nitrogens with two attached hydrogens (primary N) is 1. The topological polar surface area (TPSA) is 167 Å². The minimum Gasteiger partial charge on any atom is -0.477 e. The van der Waals surface area contributed by atoms with Crippen molar-refractivity contribution in [3.8, 4) is 0 Å². The van der Waals surface area contributed by atoms with Crippen LogP contribution in [0.5, 0.6) is 0 Å². The minimum absolute atomic E-state index is 0.215. The molecular weight excluding hydrogens is 236 g/mol. The molecule has 0 saturated carbocycles. The summed E-state index contributed by atoms with van der Waals surface area (Å²) in [5.74, 6) is 1.88. The number of nitrogens with zero attached hydrogens (tertiary/aromatic N) is 2. The highest BCUT2D eigenvalue weighted by atomic mass is 16.4. The lowest BCUT2D eigenvalue weighted by Crippen LogP contribution is -2.26. The van der Waals surface area contributed by atoms with E-state index in [0.29, 0.717) is 5.01 Å². The van der Waals surface area contributed by atoms with Crippen LogP contribution in [0.15, 0.2) is 6.33 Å². The first-order chi connectivity index (χ1) is 7.93. The van der Waals surface area contributed by atoms with Gasteiger partial charge in [-0.05, 0) is 0 Å². The summed E-state index contributed by atoms with van der Waals surface area (Å²) in [5, 5.41) is 17.1. The smallest absolute Gasteiger partial charge is 0.357 e. The number of aromatic amines is 1. The molecule has 0 aliphatic heterocycles. The maximum absolute atomic E-state index is 10.3. The van der Waals surface area contributed by atoms with Gasteiger partial charge in [-0.2, -0.15) is 0 Å². The summed E-state index contributed by atoms with van der Waals surface area (Å²) < 4.78 is 0. The number of nitrogens with one attached hydrogen (secondary N) is 1. The Bertz CT molecular complexity index is 391. The first-order valence-corrected chi connectivity index (χ1v) is 3.87. The molecule has 0 radical (unpaired) electrons. The normalized spacial score (nSPS) is 8.53. The number of carboxylic acids is 2. The van der Waals surface area contributed by atoms with E-state index in [-0.39, 0.29) is 12.8 Å². The highest BCUT2D eigenvalue weighted by molar-refractivity contribution is 5.98. The van der Waals surface area contributed by atoms with Crippen LogP contribution in [0.2, 0.25) is 0 Å². The molecule has 1 aromatic heterocycles. The van der Waals surface area contributed by atoms with Crippen molar-refractivity contribution in [2.24, 2.45) is 5.84 Å². The molecular formula is C7H8N4O6. The second-order valence-electron chi connectivity index (χ2n) is 2.39. The number of carbonyl (C=O) groups is 4. The zero-order valence-corrected chi connectivity index (χ0v) is 8.23. The van der Waals surface area contributed by atoms with Crippen LogP contribution in [0.4, 0.5) is 0 Å². The Hall–Kier alpha value is -2.75. The fourth-order valence-corrected chi connectivity index (χ4v) is 0.644. The highest BCUT2D eigenvalue weighted by Crippen LogP contribution is 2.01. The monoisotopic (exact) mass is 244 g/mol. The van der Waals surface area contributed by atoms with E-state index in [1.807, 2.05) is 0 Å². The minimum atomic E-state index is -1.36. The number of carbonyl (C=O) groups excluding carboxylic acids is 2. The van der Waals surface area contributed by atoms with Gasteiger partial charge in [-0.25, -0.2) is 25.4 Å². The lowest BCUT2D eigenvalue weighted by Gasteiger charge is -1.91. The van der Waals surface area contributed by atoms with E-state index in [4.69, 9.17) is 10.2 Å². The van der Waals surface area contributed by atoms with Gasteiger partial charge in [0.1, 0.15) is 0 Å². The molecule has 0 spiro atoms. The third kappa shape index (κ3) is 4.53.